The number of carbonyl (C=O) groups excluding carboxylic acids is 1. The van der Waals surface area contributed by atoms with E-state index in [0.717, 1.165) is 12.2 Å². The molecule has 2 unspecified atom stereocenters. The number of benzene rings is 1. The van der Waals surface area contributed by atoms with Crippen molar-refractivity contribution >= 4 is 11.6 Å². The van der Waals surface area contributed by atoms with Crippen LogP contribution in [0.1, 0.15) is 18.5 Å². The van der Waals surface area contributed by atoms with E-state index in [9.17, 15) is 4.79 Å². The van der Waals surface area contributed by atoms with E-state index in [2.05, 4.69) is 46.4 Å². The van der Waals surface area contributed by atoms with Crippen LogP contribution in [0, 0.1) is 5.92 Å². The Morgan fingerprint density at radius 1 is 1.24 bits per heavy atom. The molecule has 1 amide bonds. The number of nitrogens with zero attached hydrogens (tertiary/aromatic N) is 2. The Hall–Kier alpha value is -2.20. The number of hydrogen-bond acceptors (Lipinski definition) is 3. The molecule has 4 heteroatoms. The second-order valence-electron chi connectivity index (χ2n) is 5.55. The maximum absolute atomic E-state index is 12.1. The Bertz CT molecular complexity index is 600. The van der Waals surface area contributed by atoms with E-state index in [1.165, 1.54) is 5.56 Å². The minimum Gasteiger partial charge on any atom is -0.325 e. The summed E-state index contributed by atoms with van der Waals surface area (Å²) in [5, 5.41) is 2.91. The van der Waals surface area contributed by atoms with Gasteiger partial charge in [0.05, 0.1) is 6.54 Å². The summed E-state index contributed by atoms with van der Waals surface area (Å²) in [5.41, 5.74) is 2.08. The predicted molar refractivity (Wildman–Crippen MR) is 82.8 cm³/mol. The van der Waals surface area contributed by atoms with Gasteiger partial charge in [-0.25, -0.2) is 0 Å². The third-order valence-corrected chi connectivity index (χ3v) is 3.91. The molecule has 21 heavy (non-hydrogen) atoms. The van der Waals surface area contributed by atoms with Crippen LogP contribution in [0.5, 0.6) is 0 Å². The molecule has 1 aromatic carbocycles. The molecule has 1 aliphatic rings. The summed E-state index contributed by atoms with van der Waals surface area (Å²) in [4.78, 5) is 18.3. The number of likely N-dealkylation sites (tertiary alicyclic amines) is 1. The minimum atomic E-state index is 0.0223. The van der Waals surface area contributed by atoms with Gasteiger partial charge in [0.15, 0.2) is 0 Å². The molecule has 1 saturated heterocycles. The molecule has 2 aromatic rings. The highest BCUT2D eigenvalue weighted by molar-refractivity contribution is 5.92. The zero-order chi connectivity index (χ0) is 14.7. The zero-order valence-corrected chi connectivity index (χ0v) is 12.1. The fourth-order valence-corrected chi connectivity index (χ4v) is 2.98. The van der Waals surface area contributed by atoms with Crippen molar-refractivity contribution in [2.24, 2.45) is 5.92 Å². The first-order valence-corrected chi connectivity index (χ1v) is 7.23. The van der Waals surface area contributed by atoms with Crippen LogP contribution < -0.4 is 5.32 Å². The van der Waals surface area contributed by atoms with Gasteiger partial charge in [0.2, 0.25) is 5.91 Å². The Morgan fingerprint density at radius 2 is 1.95 bits per heavy atom. The molecule has 0 aliphatic carbocycles. The lowest BCUT2D eigenvalue weighted by atomic mass is 9.85. The Balaban J connectivity index is 1.61. The van der Waals surface area contributed by atoms with E-state index in [1.807, 2.05) is 6.07 Å². The summed E-state index contributed by atoms with van der Waals surface area (Å²) < 4.78 is 0. The maximum Gasteiger partial charge on any atom is 0.238 e. The van der Waals surface area contributed by atoms with E-state index in [-0.39, 0.29) is 5.91 Å². The van der Waals surface area contributed by atoms with Gasteiger partial charge in [0, 0.05) is 30.7 Å². The molecular weight excluding hydrogens is 262 g/mol. The van der Waals surface area contributed by atoms with Crippen molar-refractivity contribution in [3.05, 3.63) is 60.4 Å². The zero-order valence-electron chi connectivity index (χ0n) is 12.1. The number of amides is 1. The van der Waals surface area contributed by atoms with Crippen molar-refractivity contribution in [1.82, 2.24) is 9.88 Å². The minimum absolute atomic E-state index is 0.0223. The van der Waals surface area contributed by atoms with Crippen molar-refractivity contribution in [2.45, 2.75) is 13.0 Å². The van der Waals surface area contributed by atoms with Gasteiger partial charge in [-0.3, -0.25) is 14.7 Å². The van der Waals surface area contributed by atoms with Crippen molar-refractivity contribution < 1.29 is 4.79 Å². The topological polar surface area (TPSA) is 45.2 Å². The van der Waals surface area contributed by atoms with Crippen molar-refractivity contribution in [3.8, 4) is 0 Å². The van der Waals surface area contributed by atoms with Crippen LogP contribution in [-0.4, -0.2) is 28.9 Å². The van der Waals surface area contributed by atoms with Gasteiger partial charge in [0.1, 0.15) is 0 Å². The molecule has 108 valence electrons. The fraction of sp³-hybridized carbons (Fsp3) is 0.294. The largest absolute Gasteiger partial charge is 0.325 e. The van der Waals surface area contributed by atoms with Crippen LogP contribution in [0.3, 0.4) is 0 Å². The van der Waals surface area contributed by atoms with Crippen molar-refractivity contribution in [3.63, 3.8) is 0 Å². The summed E-state index contributed by atoms with van der Waals surface area (Å²) in [6, 6.07) is 14.3. The second-order valence-corrected chi connectivity index (χ2v) is 5.55. The van der Waals surface area contributed by atoms with Crippen LogP contribution in [0.2, 0.25) is 0 Å². The molecule has 0 bridgehead atoms. The average Bonchev–Trinajstić information content (AvgIpc) is 2.48. The number of carbonyl (C=O) groups is 1. The molecule has 2 heterocycles. The Kier molecular flexibility index (Phi) is 3.97. The smallest absolute Gasteiger partial charge is 0.238 e. The van der Waals surface area contributed by atoms with E-state index in [1.54, 1.807) is 24.5 Å². The summed E-state index contributed by atoms with van der Waals surface area (Å²) in [5.74, 6) is 0.607. The molecule has 1 N–H and O–H groups in total. The number of anilines is 1. The molecule has 2 atom stereocenters. The van der Waals surface area contributed by atoms with Gasteiger partial charge in [0.25, 0.3) is 0 Å². The van der Waals surface area contributed by atoms with E-state index in [4.69, 9.17) is 0 Å². The summed E-state index contributed by atoms with van der Waals surface area (Å²) in [6.07, 6.45) is 3.35. The predicted octanol–water partition coefficient (Wildman–Crippen LogP) is 2.71. The van der Waals surface area contributed by atoms with E-state index < -0.39 is 0 Å². The third-order valence-electron chi connectivity index (χ3n) is 3.91. The molecular formula is C17H19N3O. The summed E-state index contributed by atoms with van der Waals surface area (Å²) in [6.45, 7) is 3.62. The summed E-state index contributed by atoms with van der Waals surface area (Å²) >= 11 is 0. The lowest BCUT2D eigenvalue weighted by molar-refractivity contribution is -0.120. The van der Waals surface area contributed by atoms with Gasteiger partial charge in [-0.1, -0.05) is 37.3 Å². The number of pyridine rings is 1. The van der Waals surface area contributed by atoms with Gasteiger partial charge in [-0.2, -0.15) is 0 Å². The number of nitrogens with one attached hydrogen (secondary N) is 1. The average molecular weight is 281 g/mol. The van der Waals surface area contributed by atoms with Crippen LogP contribution in [-0.2, 0) is 4.79 Å². The fourth-order valence-electron chi connectivity index (χ4n) is 2.98. The number of hydrogen-bond donors (Lipinski definition) is 1. The van der Waals surface area contributed by atoms with Gasteiger partial charge in [-0.15, -0.1) is 0 Å². The van der Waals surface area contributed by atoms with Gasteiger partial charge >= 0.3 is 0 Å². The quantitative estimate of drug-likeness (QED) is 0.937. The Morgan fingerprint density at radius 3 is 2.62 bits per heavy atom. The molecule has 1 fully saturated rings. The highest BCUT2D eigenvalue weighted by Crippen LogP contribution is 2.37. The highest BCUT2D eigenvalue weighted by Gasteiger charge is 2.37. The normalized spacial score (nSPS) is 21.6. The van der Waals surface area contributed by atoms with Crippen LogP contribution in [0.4, 0.5) is 5.69 Å². The number of aromatic nitrogens is 1. The monoisotopic (exact) mass is 281 g/mol. The first-order valence-electron chi connectivity index (χ1n) is 7.23. The molecule has 0 spiro atoms. The van der Waals surface area contributed by atoms with Crippen molar-refractivity contribution in [1.29, 1.82) is 0 Å². The Labute approximate surface area is 124 Å². The standard InChI is InChI=1S/C17H19N3O/c1-13-11-20(17(13)14-5-3-2-4-6-14)12-16(21)19-15-7-9-18-10-8-15/h2-10,13,17H,11-12H2,1H3,(H,18,19,21). The second kappa shape index (κ2) is 6.06. The lowest BCUT2D eigenvalue weighted by Gasteiger charge is -2.46. The third kappa shape index (κ3) is 3.11. The first kappa shape index (κ1) is 13.8. The maximum atomic E-state index is 12.1. The molecule has 0 radical (unpaired) electrons. The lowest BCUT2D eigenvalue weighted by Crippen LogP contribution is -2.51. The molecule has 0 saturated carbocycles. The highest BCUT2D eigenvalue weighted by atomic mass is 16.2. The van der Waals surface area contributed by atoms with E-state index >= 15 is 0 Å². The van der Waals surface area contributed by atoms with Crippen LogP contribution >= 0.6 is 0 Å². The number of rotatable bonds is 4. The molecule has 1 aliphatic heterocycles. The van der Waals surface area contributed by atoms with Gasteiger partial charge in [-0.05, 0) is 23.6 Å². The molecule has 3 rings (SSSR count). The van der Waals surface area contributed by atoms with E-state index in [0.29, 0.717) is 18.5 Å². The van der Waals surface area contributed by atoms with Crippen LogP contribution in [0.15, 0.2) is 54.9 Å². The SMILES string of the molecule is CC1CN(CC(=O)Nc2ccncc2)C1c1ccccc1. The van der Waals surface area contributed by atoms with Crippen LogP contribution in [0.25, 0.3) is 0 Å². The first-order chi connectivity index (χ1) is 10.2. The summed E-state index contributed by atoms with van der Waals surface area (Å²) in [7, 11) is 0. The van der Waals surface area contributed by atoms with Crippen molar-refractivity contribution in [2.75, 3.05) is 18.4 Å². The van der Waals surface area contributed by atoms with Gasteiger partial charge < -0.3 is 5.32 Å². The molecule has 4 nitrogen and oxygen atoms in total. The molecule has 1 aromatic heterocycles.